The summed E-state index contributed by atoms with van der Waals surface area (Å²) in [5, 5.41) is 3.24. The van der Waals surface area contributed by atoms with Crippen LogP contribution in [0.1, 0.15) is 15.9 Å². The van der Waals surface area contributed by atoms with Gasteiger partial charge in [0.2, 0.25) is 0 Å². The van der Waals surface area contributed by atoms with E-state index < -0.39 is 0 Å². The van der Waals surface area contributed by atoms with E-state index in [2.05, 4.69) is 5.32 Å². The van der Waals surface area contributed by atoms with Crippen LogP contribution in [0.5, 0.6) is 0 Å². The molecule has 1 amide bonds. The maximum Gasteiger partial charge on any atom is 0.257 e. The topological polar surface area (TPSA) is 64.3 Å². The molecule has 0 radical (unpaired) electrons. The van der Waals surface area contributed by atoms with E-state index in [1.165, 1.54) is 0 Å². The summed E-state index contributed by atoms with van der Waals surface area (Å²) in [6, 6.07) is 12.6. The van der Waals surface area contributed by atoms with Crippen LogP contribution in [-0.2, 0) is 11.2 Å². The van der Waals surface area contributed by atoms with Crippen LogP contribution in [0.4, 0.5) is 11.4 Å². The number of carbonyl (C=O) groups is 1. The zero-order chi connectivity index (χ0) is 15.2. The molecule has 0 aromatic heterocycles. The third-order valence-electron chi connectivity index (χ3n) is 3.14. The molecule has 5 heteroatoms. The molecule has 0 fully saturated rings. The van der Waals surface area contributed by atoms with E-state index >= 15 is 0 Å². The molecule has 2 aromatic carbocycles. The Hall–Kier alpha value is -2.04. The number of nitrogens with one attached hydrogen (secondary N) is 1. The lowest BCUT2D eigenvalue weighted by atomic mass is 10.1. The van der Waals surface area contributed by atoms with E-state index in [1.54, 1.807) is 25.3 Å². The second-order valence-corrected chi connectivity index (χ2v) is 4.96. The first-order valence-electron chi connectivity index (χ1n) is 6.55. The molecule has 2 aromatic rings. The normalized spacial score (nSPS) is 10.4. The lowest BCUT2D eigenvalue weighted by Crippen LogP contribution is -2.15. The van der Waals surface area contributed by atoms with Crippen molar-refractivity contribution in [3.8, 4) is 0 Å². The fraction of sp³-hybridized carbons (Fsp3) is 0.188. The number of ether oxygens (including phenoxy) is 1. The number of hydrogen-bond acceptors (Lipinski definition) is 3. The number of hydrogen-bond donors (Lipinski definition) is 2. The Bertz CT molecular complexity index is 644. The Morgan fingerprint density at radius 1 is 1.24 bits per heavy atom. The van der Waals surface area contributed by atoms with Gasteiger partial charge in [0.1, 0.15) is 0 Å². The second-order valence-electron chi connectivity index (χ2n) is 4.56. The molecule has 0 saturated carbocycles. The first-order chi connectivity index (χ1) is 10.1. The summed E-state index contributed by atoms with van der Waals surface area (Å²) in [4.78, 5) is 12.3. The molecule has 0 aliphatic rings. The van der Waals surface area contributed by atoms with Gasteiger partial charge >= 0.3 is 0 Å². The fourth-order valence-electron chi connectivity index (χ4n) is 2.00. The van der Waals surface area contributed by atoms with Gasteiger partial charge in [0, 0.05) is 12.8 Å². The maximum absolute atomic E-state index is 12.3. The van der Waals surface area contributed by atoms with Gasteiger partial charge in [-0.3, -0.25) is 4.79 Å². The first kappa shape index (κ1) is 15.4. The van der Waals surface area contributed by atoms with Crippen LogP contribution in [0.15, 0.2) is 42.5 Å². The summed E-state index contributed by atoms with van der Waals surface area (Å²) in [7, 11) is 1.65. The molecular formula is C16H17ClN2O2. The number of halogens is 1. The monoisotopic (exact) mass is 304 g/mol. The minimum atomic E-state index is -0.278. The summed E-state index contributed by atoms with van der Waals surface area (Å²) < 4.78 is 5.08. The standard InChI is InChI=1S/C16H17ClN2O2/c1-21-10-9-11-5-2-3-8-14(11)19-16(20)12-6-4-7-13(17)15(12)18/h2-8H,9-10,18H2,1H3,(H,19,20). The zero-order valence-electron chi connectivity index (χ0n) is 11.7. The lowest BCUT2D eigenvalue weighted by molar-refractivity contribution is 0.102. The zero-order valence-corrected chi connectivity index (χ0v) is 12.5. The lowest BCUT2D eigenvalue weighted by Gasteiger charge is -2.12. The summed E-state index contributed by atoms with van der Waals surface area (Å²) in [5.74, 6) is -0.278. The average molecular weight is 305 g/mol. The SMILES string of the molecule is COCCc1ccccc1NC(=O)c1cccc(Cl)c1N. The van der Waals surface area contributed by atoms with E-state index in [1.807, 2.05) is 24.3 Å². The summed E-state index contributed by atoms with van der Waals surface area (Å²) >= 11 is 5.94. The molecule has 0 heterocycles. The molecule has 0 aliphatic heterocycles. The van der Waals surface area contributed by atoms with Gasteiger partial charge in [-0.25, -0.2) is 0 Å². The molecule has 3 N–H and O–H groups in total. The first-order valence-corrected chi connectivity index (χ1v) is 6.93. The number of anilines is 2. The number of nitrogens with two attached hydrogens (primary N) is 1. The van der Waals surface area contributed by atoms with Crippen molar-refractivity contribution in [1.29, 1.82) is 0 Å². The molecular weight excluding hydrogens is 288 g/mol. The smallest absolute Gasteiger partial charge is 0.257 e. The van der Waals surface area contributed by atoms with E-state index in [-0.39, 0.29) is 11.6 Å². The highest BCUT2D eigenvalue weighted by molar-refractivity contribution is 6.34. The molecule has 0 aliphatic carbocycles. The molecule has 0 atom stereocenters. The van der Waals surface area contributed by atoms with Crippen LogP contribution in [0.2, 0.25) is 5.02 Å². The summed E-state index contributed by atoms with van der Waals surface area (Å²) in [5.41, 5.74) is 8.25. The minimum absolute atomic E-state index is 0.278. The van der Waals surface area contributed by atoms with Gasteiger partial charge in [-0.1, -0.05) is 35.9 Å². The van der Waals surface area contributed by atoms with E-state index in [4.69, 9.17) is 22.1 Å². The van der Waals surface area contributed by atoms with Gasteiger partial charge in [0.05, 0.1) is 22.9 Å². The Balaban J connectivity index is 2.22. The number of benzene rings is 2. The molecule has 0 spiro atoms. The molecule has 0 unspecified atom stereocenters. The van der Waals surface area contributed by atoms with Crippen molar-refractivity contribution in [1.82, 2.24) is 0 Å². The largest absolute Gasteiger partial charge is 0.397 e. The number of nitrogen functional groups attached to an aromatic ring is 1. The molecule has 2 rings (SSSR count). The van der Waals surface area contributed by atoms with Gasteiger partial charge in [-0.05, 0) is 30.2 Å². The fourth-order valence-corrected chi connectivity index (χ4v) is 2.17. The quantitative estimate of drug-likeness (QED) is 0.832. The van der Waals surface area contributed by atoms with Crippen molar-refractivity contribution in [3.05, 3.63) is 58.6 Å². The highest BCUT2D eigenvalue weighted by Crippen LogP contribution is 2.24. The van der Waals surface area contributed by atoms with Gasteiger partial charge in [-0.2, -0.15) is 0 Å². The van der Waals surface area contributed by atoms with Crippen molar-refractivity contribution in [3.63, 3.8) is 0 Å². The summed E-state index contributed by atoms with van der Waals surface area (Å²) in [6.45, 7) is 0.589. The van der Waals surface area contributed by atoms with Crippen molar-refractivity contribution >= 4 is 28.9 Å². The third-order valence-corrected chi connectivity index (χ3v) is 3.47. The maximum atomic E-state index is 12.3. The predicted molar refractivity (Wildman–Crippen MR) is 85.8 cm³/mol. The second kappa shape index (κ2) is 7.11. The van der Waals surface area contributed by atoms with Crippen LogP contribution in [0.25, 0.3) is 0 Å². The van der Waals surface area contributed by atoms with Crippen LogP contribution in [0.3, 0.4) is 0 Å². The van der Waals surface area contributed by atoms with Crippen LogP contribution in [-0.4, -0.2) is 19.6 Å². The number of methoxy groups -OCH3 is 1. The van der Waals surface area contributed by atoms with Crippen LogP contribution >= 0.6 is 11.6 Å². The van der Waals surface area contributed by atoms with E-state index in [9.17, 15) is 4.79 Å². The van der Waals surface area contributed by atoms with Crippen molar-refractivity contribution in [2.45, 2.75) is 6.42 Å². The average Bonchev–Trinajstić information content (AvgIpc) is 2.49. The predicted octanol–water partition coefficient (Wildman–Crippen LogP) is 3.36. The van der Waals surface area contributed by atoms with E-state index in [0.717, 1.165) is 17.7 Å². The third kappa shape index (κ3) is 3.74. The Morgan fingerprint density at radius 2 is 2.00 bits per heavy atom. The Labute approximate surface area is 128 Å². The van der Waals surface area contributed by atoms with Gasteiger partial charge in [-0.15, -0.1) is 0 Å². The highest BCUT2D eigenvalue weighted by atomic mass is 35.5. The highest BCUT2D eigenvalue weighted by Gasteiger charge is 2.13. The van der Waals surface area contributed by atoms with Gasteiger partial charge in [0.15, 0.2) is 0 Å². The number of rotatable bonds is 5. The molecule has 0 saturated heterocycles. The Kier molecular flexibility index (Phi) is 5.20. The molecule has 110 valence electrons. The molecule has 4 nitrogen and oxygen atoms in total. The van der Waals surface area contributed by atoms with Crippen LogP contribution < -0.4 is 11.1 Å². The number of amides is 1. The minimum Gasteiger partial charge on any atom is -0.397 e. The van der Waals surface area contributed by atoms with Crippen LogP contribution in [0, 0.1) is 0 Å². The number of carbonyl (C=O) groups excluding carboxylic acids is 1. The van der Waals surface area contributed by atoms with Gasteiger partial charge in [0.25, 0.3) is 5.91 Å². The van der Waals surface area contributed by atoms with Crippen molar-refractivity contribution < 1.29 is 9.53 Å². The molecule has 0 bridgehead atoms. The Morgan fingerprint density at radius 3 is 2.76 bits per heavy atom. The summed E-state index contributed by atoms with van der Waals surface area (Å²) in [6.07, 6.45) is 0.720. The van der Waals surface area contributed by atoms with Crippen molar-refractivity contribution in [2.75, 3.05) is 24.8 Å². The van der Waals surface area contributed by atoms with E-state index in [0.29, 0.717) is 17.2 Å². The van der Waals surface area contributed by atoms with Gasteiger partial charge < -0.3 is 15.8 Å². The van der Waals surface area contributed by atoms with Crippen molar-refractivity contribution in [2.24, 2.45) is 0 Å². The molecule has 21 heavy (non-hydrogen) atoms. The number of para-hydroxylation sites is 2.